The number of halogens is 1. The first kappa shape index (κ1) is 13.4. The fourth-order valence-corrected chi connectivity index (χ4v) is 3.89. The van der Waals surface area contributed by atoms with E-state index in [2.05, 4.69) is 41.1 Å². The highest BCUT2D eigenvalue weighted by molar-refractivity contribution is 9.10. The number of benzene rings is 1. The lowest BCUT2D eigenvalue weighted by atomic mass is 9.82. The van der Waals surface area contributed by atoms with Gasteiger partial charge in [-0.05, 0) is 43.7 Å². The maximum Gasteiger partial charge on any atom is 0.126 e. The fourth-order valence-electron chi connectivity index (χ4n) is 3.55. The molecule has 2 N–H and O–H groups in total. The van der Waals surface area contributed by atoms with Crippen LogP contribution in [0, 0.1) is 5.92 Å². The zero-order valence-electron chi connectivity index (χ0n) is 11.5. The van der Waals surface area contributed by atoms with Gasteiger partial charge in [-0.25, -0.2) is 0 Å². The average Bonchev–Trinajstić information content (AvgIpc) is 2.52. The third-order valence-electron chi connectivity index (χ3n) is 4.72. The first-order valence-electron chi connectivity index (χ1n) is 7.32. The molecule has 1 spiro atoms. The largest absolute Gasteiger partial charge is 0.487 e. The molecule has 3 heteroatoms. The molecule has 3 atom stereocenters. The van der Waals surface area contributed by atoms with Gasteiger partial charge in [-0.2, -0.15) is 0 Å². The molecule has 1 aromatic carbocycles. The lowest BCUT2D eigenvalue weighted by Gasteiger charge is -2.41. The van der Waals surface area contributed by atoms with E-state index in [-0.39, 0.29) is 11.6 Å². The van der Waals surface area contributed by atoms with Gasteiger partial charge in [0, 0.05) is 22.5 Å². The van der Waals surface area contributed by atoms with Crippen LogP contribution >= 0.6 is 15.9 Å². The average molecular weight is 324 g/mol. The molecule has 0 aromatic heterocycles. The normalized spacial score (nSPS) is 34.5. The summed E-state index contributed by atoms with van der Waals surface area (Å²) in [6.07, 6.45) is 7.11. The first-order valence-corrected chi connectivity index (χ1v) is 8.11. The van der Waals surface area contributed by atoms with E-state index >= 15 is 0 Å². The highest BCUT2D eigenvalue weighted by Crippen LogP contribution is 2.45. The topological polar surface area (TPSA) is 35.2 Å². The van der Waals surface area contributed by atoms with Crippen molar-refractivity contribution in [3.05, 3.63) is 28.2 Å². The SMILES string of the molecule is CC1CCCC2(CC1)CC(N)c1ccc(Br)cc1O2. The molecule has 19 heavy (non-hydrogen) atoms. The van der Waals surface area contributed by atoms with Gasteiger partial charge in [0.05, 0.1) is 0 Å². The Morgan fingerprint density at radius 3 is 3.00 bits per heavy atom. The highest BCUT2D eigenvalue weighted by Gasteiger charge is 2.40. The van der Waals surface area contributed by atoms with E-state index in [1.807, 2.05) is 0 Å². The Morgan fingerprint density at radius 2 is 2.16 bits per heavy atom. The van der Waals surface area contributed by atoms with Crippen molar-refractivity contribution in [1.29, 1.82) is 0 Å². The van der Waals surface area contributed by atoms with Crippen molar-refractivity contribution in [2.75, 3.05) is 0 Å². The number of hydrogen-bond donors (Lipinski definition) is 1. The molecule has 1 aliphatic heterocycles. The van der Waals surface area contributed by atoms with E-state index in [1.165, 1.54) is 19.3 Å². The zero-order chi connectivity index (χ0) is 13.5. The third-order valence-corrected chi connectivity index (χ3v) is 5.21. The molecule has 2 nitrogen and oxygen atoms in total. The van der Waals surface area contributed by atoms with Gasteiger partial charge in [-0.15, -0.1) is 0 Å². The van der Waals surface area contributed by atoms with Crippen molar-refractivity contribution >= 4 is 15.9 Å². The van der Waals surface area contributed by atoms with Crippen molar-refractivity contribution in [3.8, 4) is 5.75 Å². The van der Waals surface area contributed by atoms with Crippen LogP contribution in [0.5, 0.6) is 5.75 Å². The standard InChI is InChI=1S/C16H22BrNO/c1-11-3-2-7-16(8-6-11)10-14(18)13-5-4-12(17)9-15(13)19-16/h4-5,9,11,14H,2-3,6-8,10,18H2,1H3. The van der Waals surface area contributed by atoms with Gasteiger partial charge in [-0.3, -0.25) is 0 Å². The Bertz CT molecular complexity index is 476. The molecule has 1 aromatic rings. The van der Waals surface area contributed by atoms with Crippen molar-refractivity contribution in [1.82, 2.24) is 0 Å². The van der Waals surface area contributed by atoms with Crippen LogP contribution in [-0.2, 0) is 0 Å². The predicted molar refractivity (Wildman–Crippen MR) is 81.3 cm³/mol. The summed E-state index contributed by atoms with van der Waals surface area (Å²) in [6, 6.07) is 6.33. The molecule has 0 amide bonds. The third kappa shape index (κ3) is 2.68. The smallest absolute Gasteiger partial charge is 0.126 e. The van der Waals surface area contributed by atoms with E-state index in [1.54, 1.807) is 0 Å². The Morgan fingerprint density at radius 1 is 1.32 bits per heavy atom. The Labute approximate surface area is 123 Å². The molecule has 0 saturated heterocycles. The molecule has 2 aliphatic rings. The van der Waals surface area contributed by atoms with E-state index in [9.17, 15) is 0 Å². The van der Waals surface area contributed by atoms with Gasteiger partial charge in [0.1, 0.15) is 11.4 Å². The van der Waals surface area contributed by atoms with Crippen LogP contribution in [0.1, 0.15) is 57.1 Å². The molecule has 104 valence electrons. The van der Waals surface area contributed by atoms with Gasteiger partial charge in [0.2, 0.25) is 0 Å². The molecule has 3 rings (SSSR count). The molecule has 1 fully saturated rings. The van der Waals surface area contributed by atoms with E-state index < -0.39 is 0 Å². The highest BCUT2D eigenvalue weighted by atomic mass is 79.9. The van der Waals surface area contributed by atoms with Gasteiger partial charge < -0.3 is 10.5 Å². The van der Waals surface area contributed by atoms with Crippen molar-refractivity contribution < 1.29 is 4.74 Å². The van der Waals surface area contributed by atoms with Crippen LogP contribution in [0.15, 0.2) is 22.7 Å². The van der Waals surface area contributed by atoms with E-state index in [0.29, 0.717) is 0 Å². The molecule has 0 bridgehead atoms. The number of rotatable bonds is 0. The summed E-state index contributed by atoms with van der Waals surface area (Å²) in [5.41, 5.74) is 7.53. The van der Waals surface area contributed by atoms with Gasteiger partial charge in [-0.1, -0.05) is 35.3 Å². The minimum atomic E-state index is -0.0159. The second-order valence-corrected chi connectivity index (χ2v) is 7.23. The van der Waals surface area contributed by atoms with E-state index in [4.69, 9.17) is 10.5 Å². The van der Waals surface area contributed by atoms with E-state index in [0.717, 1.165) is 41.0 Å². The number of fused-ring (bicyclic) bond motifs is 1. The van der Waals surface area contributed by atoms with Crippen molar-refractivity contribution in [2.24, 2.45) is 11.7 Å². The number of hydrogen-bond acceptors (Lipinski definition) is 2. The second kappa shape index (κ2) is 5.10. The lowest BCUT2D eigenvalue weighted by Crippen LogP contribution is -2.42. The molecule has 0 radical (unpaired) electrons. The summed E-state index contributed by atoms with van der Waals surface area (Å²) in [5.74, 6) is 1.81. The summed E-state index contributed by atoms with van der Waals surface area (Å²) in [4.78, 5) is 0. The van der Waals surface area contributed by atoms with Crippen LogP contribution in [0.25, 0.3) is 0 Å². The van der Waals surface area contributed by atoms with Crippen LogP contribution < -0.4 is 10.5 Å². The zero-order valence-corrected chi connectivity index (χ0v) is 13.1. The molecule has 1 saturated carbocycles. The fraction of sp³-hybridized carbons (Fsp3) is 0.625. The molecule has 1 heterocycles. The summed E-state index contributed by atoms with van der Waals surface area (Å²) < 4.78 is 7.50. The second-order valence-electron chi connectivity index (χ2n) is 6.31. The summed E-state index contributed by atoms with van der Waals surface area (Å²) in [7, 11) is 0. The first-order chi connectivity index (χ1) is 9.08. The minimum Gasteiger partial charge on any atom is -0.487 e. The number of ether oxygens (including phenoxy) is 1. The summed E-state index contributed by atoms with van der Waals surface area (Å²) in [5, 5.41) is 0. The van der Waals surface area contributed by atoms with Crippen LogP contribution in [0.3, 0.4) is 0 Å². The monoisotopic (exact) mass is 323 g/mol. The van der Waals surface area contributed by atoms with Gasteiger partial charge >= 0.3 is 0 Å². The Balaban J connectivity index is 1.90. The predicted octanol–water partition coefficient (Wildman–Crippen LogP) is 4.57. The molecule has 3 unspecified atom stereocenters. The van der Waals surface area contributed by atoms with Gasteiger partial charge in [0.25, 0.3) is 0 Å². The summed E-state index contributed by atoms with van der Waals surface area (Å²) in [6.45, 7) is 2.35. The van der Waals surface area contributed by atoms with Gasteiger partial charge in [0.15, 0.2) is 0 Å². The van der Waals surface area contributed by atoms with Crippen LogP contribution in [-0.4, -0.2) is 5.60 Å². The molecular weight excluding hydrogens is 302 g/mol. The molecule has 1 aliphatic carbocycles. The van der Waals surface area contributed by atoms with Crippen LogP contribution in [0.2, 0.25) is 0 Å². The Hall–Kier alpha value is -0.540. The Kier molecular flexibility index (Phi) is 3.61. The molecular formula is C16H22BrNO. The van der Waals surface area contributed by atoms with Crippen LogP contribution in [0.4, 0.5) is 0 Å². The van der Waals surface area contributed by atoms with Crippen molar-refractivity contribution in [3.63, 3.8) is 0 Å². The lowest BCUT2D eigenvalue weighted by molar-refractivity contribution is 0.0205. The van der Waals surface area contributed by atoms with Crippen molar-refractivity contribution in [2.45, 2.75) is 57.1 Å². The maximum atomic E-state index is 6.43. The maximum absolute atomic E-state index is 6.43. The number of nitrogens with two attached hydrogens (primary N) is 1. The quantitative estimate of drug-likeness (QED) is 0.759. The summed E-state index contributed by atoms with van der Waals surface area (Å²) >= 11 is 3.53. The minimum absolute atomic E-state index is 0.0159.